The zero-order valence-electron chi connectivity index (χ0n) is 16.1. The smallest absolute Gasteiger partial charge is 0.270 e. The predicted molar refractivity (Wildman–Crippen MR) is 117 cm³/mol. The lowest BCUT2D eigenvalue weighted by molar-refractivity contribution is -0.384. The lowest BCUT2D eigenvalue weighted by atomic mass is 10.1. The summed E-state index contributed by atoms with van der Waals surface area (Å²) in [5.74, 6) is 0.642. The highest BCUT2D eigenvalue weighted by Gasteiger charge is 2.17. The van der Waals surface area contributed by atoms with Gasteiger partial charge in [-0.2, -0.15) is 0 Å². The van der Waals surface area contributed by atoms with Gasteiger partial charge in [0.25, 0.3) is 5.69 Å². The summed E-state index contributed by atoms with van der Waals surface area (Å²) in [6.45, 7) is 0. The van der Waals surface area contributed by atoms with Gasteiger partial charge < -0.3 is 5.11 Å². The average molecular weight is 409 g/mol. The summed E-state index contributed by atoms with van der Waals surface area (Å²) in [6, 6.07) is 20.8. The van der Waals surface area contributed by atoms with Crippen molar-refractivity contribution in [2.75, 3.05) is 0 Å². The molecular weight excluding hydrogens is 394 g/mol. The molecule has 8 heteroatoms. The molecule has 2 heterocycles. The predicted octanol–water partition coefficient (Wildman–Crippen LogP) is 4.73. The molecule has 0 radical (unpaired) electrons. The second-order valence-electron chi connectivity index (χ2n) is 6.87. The van der Waals surface area contributed by atoms with Crippen molar-refractivity contribution >= 4 is 34.5 Å². The summed E-state index contributed by atoms with van der Waals surface area (Å²) in [5.41, 5.74) is 3.77. The van der Waals surface area contributed by atoms with Crippen LogP contribution in [0.25, 0.3) is 40.2 Å². The molecular formula is C23H15N5O3. The molecule has 1 N–H and O–H groups in total. The van der Waals surface area contributed by atoms with Crippen LogP contribution in [0.5, 0.6) is 5.75 Å². The number of aromatic hydroxyl groups is 1. The Labute approximate surface area is 175 Å². The summed E-state index contributed by atoms with van der Waals surface area (Å²) in [4.78, 5) is 15.5. The normalized spacial score (nSPS) is 11.5. The molecule has 0 atom stereocenters. The summed E-state index contributed by atoms with van der Waals surface area (Å²) >= 11 is 0. The Kier molecular flexibility index (Phi) is 4.37. The number of nitrogens with zero attached hydrogens (tertiary/aromatic N) is 5. The van der Waals surface area contributed by atoms with E-state index in [2.05, 4.69) is 10.2 Å². The lowest BCUT2D eigenvalue weighted by Crippen LogP contribution is -1.98. The molecule has 0 saturated heterocycles. The van der Waals surface area contributed by atoms with Crippen LogP contribution in [0.3, 0.4) is 0 Å². The third-order valence-corrected chi connectivity index (χ3v) is 4.93. The van der Waals surface area contributed by atoms with Crippen LogP contribution in [-0.4, -0.2) is 29.6 Å². The Morgan fingerprint density at radius 2 is 1.74 bits per heavy atom. The van der Waals surface area contributed by atoms with E-state index in [4.69, 9.17) is 4.98 Å². The van der Waals surface area contributed by atoms with Crippen molar-refractivity contribution in [1.29, 1.82) is 0 Å². The Bertz CT molecular complexity index is 1490. The monoisotopic (exact) mass is 409 g/mol. The third-order valence-electron chi connectivity index (χ3n) is 4.93. The van der Waals surface area contributed by atoms with Gasteiger partial charge in [0.15, 0.2) is 11.5 Å². The van der Waals surface area contributed by atoms with E-state index >= 15 is 0 Å². The van der Waals surface area contributed by atoms with Gasteiger partial charge in [-0.3, -0.25) is 14.5 Å². The zero-order valence-corrected chi connectivity index (χ0v) is 16.1. The Morgan fingerprint density at radius 1 is 0.935 bits per heavy atom. The highest BCUT2D eigenvalue weighted by Crippen LogP contribution is 2.28. The number of benzene rings is 3. The van der Waals surface area contributed by atoms with Crippen LogP contribution >= 0.6 is 0 Å². The fraction of sp³-hybridized carbons (Fsp3) is 0. The lowest BCUT2D eigenvalue weighted by Gasteiger charge is -2.07. The van der Waals surface area contributed by atoms with E-state index in [1.165, 1.54) is 12.1 Å². The van der Waals surface area contributed by atoms with Crippen LogP contribution in [0.2, 0.25) is 0 Å². The maximum Gasteiger partial charge on any atom is 0.270 e. The van der Waals surface area contributed by atoms with Crippen LogP contribution in [0, 0.1) is 10.1 Å². The van der Waals surface area contributed by atoms with Gasteiger partial charge in [-0.1, -0.05) is 42.5 Å². The van der Waals surface area contributed by atoms with Crippen molar-refractivity contribution in [2.24, 2.45) is 0 Å². The van der Waals surface area contributed by atoms with Crippen LogP contribution in [0.4, 0.5) is 5.69 Å². The highest BCUT2D eigenvalue weighted by molar-refractivity contribution is 5.86. The van der Waals surface area contributed by atoms with Crippen molar-refractivity contribution in [3.8, 4) is 17.1 Å². The Hall–Kier alpha value is -4.59. The first-order chi connectivity index (χ1) is 15.1. The number of para-hydroxylation sites is 3. The highest BCUT2D eigenvalue weighted by atomic mass is 16.6. The molecule has 0 unspecified atom stereocenters. The minimum Gasteiger partial charge on any atom is -0.507 e. The SMILES string of the molecule is O=[N+]([O-])c1cccc(-c2nnc3c(/C=C/c4ccccc4O)nc4ccccc4n23)c1. The summed E-state index contributed by atoms with van der Waals surface area (Å²) < 4.78 is 1.84. The second-order valence-corrected chi connectivity index (χ2v) is 6.87. The number of fused-ring (bicyclic) bond motifs is 3. The molecule has 5 aromatic rings. The quantitative estimate of drug-likeness (QED) is 0.340. The van der Waals surface area contributed by atoms with Crippen LogP contribution < -0.4 is 0 Å². The number of rotatable bonds is 4. The van der Waals surface area contributed by atoms with E-state index < -0.39 is 4.92 Å². The first-order valence-electron chi connectivity index (χ1n) is 9.46. The van der Waals surface area contributed by atoms with E-state index in [1.807, 2.05) is 34.7 Å². The Morgan fingerprint density at radius 3 is 2.58 bits per heavy atom. The fourth-order valence-corrected chi connectivity index (χ4v) is 3.46. The number of non-ortho nitro benzene ring substituents is 1. The molecule has 5 rings (SSSR count). The molecule has 0 bridgehead atoms. The Balaban J connectivity index is 1.75. The maximum atomic E-state index is 11.2. The number of phenolic OH excluding ortho intramolecular Hbond substituents is 1. The van der Waals surface area contributed by atoms with Crippen molar-refractivity contribution in [2.45, 2.75) is 0 Å². The van der Waals surface area contributed by atoms with Gasteiger partial charge >= 0.3 is 0 Å². The molecule has 31 heavy (non-hydrogen) atoms. The minimum atomic E-state index is -0.438. The molecule has 2 aromatic heterocycles. The number of hydrogen-bond donors (Lipinski definition) is 1. The van der Waals surface area contributed by atoms with Gasteiger partial charge in [-0.25, -0.2) is 4.98 Å². The minimum absolute atomic E-state index is 0.0210. The number of hydrogen-bond acceptors (Lipinski definition) is 6. The molecule has 0 spiro atoms. The first kappa shape index (κ1) is 18.4. The summed E-state index contributed by atoms with van der Waals surface area (Å²) in [5, 5.41) is 29.9. The number of phenols is 1. The molecule has 0 fully saturated rings. The van der Waals surface area contributed by atoms with Crippen LogP contribution in [0.1, 0.15) is 11.3 Å². The maximum absolute atomic E-state index is 11.2. The number of nitro groups is 1. The van der Waals surface area contributed by atoms with Crippen molar-refractivity contribution in [1.82, 2.24) is 19.6 Å². The fourth-order valence-electron chi connectivity index (χ4n) is 3.46. The summed E-state index contributed by atoms with van der Waals surface area (Å²) in [6.07, 6.45) is 3.52. The van der Waals surface area contributed by atoms with Crippen LogP contribution in [-0.2, 0) is 0 Å². The van der Waals surface area contributed by atoms with E-state index in [-0.39, 0.29) is 11.4 Å². The van der Waals surface area contributed by atoms with Crippen molar-refractivity contribution < 1.29 is 10.0 Å². The molecule has 0 aliphatic carbocycles. The molecule has 0 aliphatic heterocycles. The van der Waals surface area contributed by atoms with E-state index in [1.54, 1.807) is 42.5 Å². The molecule has 0 aliphatic rings. The van der Waals surface area contributed by atoms with Gasteiger partial charge in [0, 0.05) is 23.3 Å². The zero-order chi connectivity index (χ0) is 21.4. The molecule has 0 amide bonds. The molecule has 3 aromatic carbocycles. The van der Waals surface area contributed by atoms with Gasteiger partial charge in [0.05, 0.1) is 16.0 Å². The standard InChI is InChI=1S/C23H15N5O3/c29-21-11-4-1-6-15(21)12-13-19-23-26-25-22(16-7-5-8-17(14-16)28(30)31)27(23)20-10-3-2-9-18(20)24-19/h1-14,29H/b13-12+. The second kappa shape index (κ2) is 7.34. The van der Waals surface area contributed by atoms with E-state index in [0.29, 0.717) is 28.3 Å². The molecule has 0 saturated carbocycles. The number of nitro benzene ring substituents is 1. The number of aromatic nitrogens is 4. The average Bonchev–Trinajstić information content (AvgIpc) is 3.24. The first-order valence-corrected chi connectivity index (χ1v) is 9.46. The van der Waals surface area contributed by atoms with E-state index in [9.17, 15) is 15.2 Å². The van der Waals surface area contributed by atoms with Crippen molar-refractivity contribution in [3.05, 3.63) is 94.2 Å². The van der Waals surface area contributed by atoms with Crippen LogP contribution in [0.15, 0.2) is 72.8 Å². The van der Waals surface area contributed by atoms with E-state index in [0.717, 1.165) is 11.0 Å². The largest absolute Gasteiger partial charge is 0.507 e. The van der Waals surface area contributed by atoms with Crippen molar-refractivity contribution in [3.63, 3.8) is 0 Å². The third kappa shape index (κ3) is 3.25. The van der Waals surface area contributed by atoms with Gasteiger partial charge in [0.2, 0.25) is 0 Å². The molecule has 8 nitrogen and oxygen atoms in total. The molecule has 150 valence electrons. The summed E-state index contributed by atoms with van der Waals surface area (Å²) in [7, 11) is 0. The topological polar surface area (TPSA) is 106 Å². The van der Waals surface area contributed by atoms with Gasteiger partial charge in [-0.05, 0) is 30.4 Å². The van der Waals surface area contributed by atoms with Gasteiger partial charge in [-0.15, -0.1) is 10.2 Å². The van der Waals surface area contributed by atoms with Gasteiger partial charge in [0.1, 0.15) is 11.4 Å².